The van der Waals surface area contributed by atoms with Crippen LogP contribution in [0.15, 0.2) is 18.9 Å². The van der Waals surface area contributed by atoms with Crippen LogP contribution in [0.3, 0.4) is 0 Å². The van der Waals surface area contributed by atoms with Crippen LogP contribution in [0.25, 0.3) is 6.08 Å². The van der Waals surface area contributed by atoms with E-state index in [4.69, 9.17) is 0 Å². The Morgan fingerprint density at radius 2 is 1.96 bits per heavy atom. The molecular formula is C21H30NNaOS. The fourth-order valence-corrected chi connectivity index (χ4v) is 4.12. The fraction of sp³-hybridized carbons (Fsp3) is 0.571. The number of anilines is 1. The van der Waals surface area contributed by atoms with Crippen molar-refractivity contribution in [3.8, 4) is 0 Å². The van der Waals surface area contributed by atoms with Crippen LogP contribution < -0.4 is 34.9 Å². The Balaban J connectivity index is 0.000000339. The number of fused-ring (bicyclic) bond motifs is 1. The zero-order chi connectivity index (χ0) is 17.7. The van der Waals surface area contributed by atoms with E-state index >= 15 is 0 Å². The second kappa shape index (κ2) is 10.1. The molecule has 0 spiro atoms. The first-order valence-corrected chi connectivity index (χ1v) is 9.75. The molecule has 0 saturated heterocycles. The van der Waals surface area contributed by atoms with Gasteiger partial charge in [-0.2, -0.15) is 0 Å². The Labute approximate surface area is 179 Å². The maximum Gasteiger partial charge on any atom is 1.00 e. The van der Waals surface area contributed by atoms with Gasteiger partial charge in [0.05, 0.1) is 0 Å². The van der Waals surface area contributed by atoms with Gasteiger partial charge >= 0.3 is 29.6 Å². The minimum Gasteiger partial charge on any atom is -0.542 e. The number of hydrogen-bond acceptors (Lipinski definition) is 3. The zero-order valence-corrected chi connectivity index (χ0v) is 19.2. The number of rotatable bonds is 5. The summed E-state index contributed by atoms with van der Waals surface area (Å²) in [7, 11) is 0. The van der Waals surface area contributed by atoms with Gasteiger partial charge in [0.2, 0.25) is 0 Å². The van der Waals surface area contributed by atoms with Crippen LogP contribution in [-0.4, -0.2) is 6.29 Å². The van der Waals surface area contributed by atoms with E-state index in [1.54, 1.807) is 10.4 Å². The summed E-state index contributed by atoms with van der Waals surface area (Å²) in [4.78, 5) is 11.3. The van der Waals surface area contributed by atoms with Gasteiger partial charge in [0.1, 0.15) is 5.00 Å². The Morgan fingerprint density at radius 3 is 2.44 bits per heavy atom. The molecule has 2 aliphatic rings. The minimum absolute atomic E-state index is 0. The summed E-state index contributed by atoms with van der Waals surface area (Å²) < 4.78 is 0. The molecule has 0 unspecified atom stereocenters. The molecule has 0 aliphatic heterocycles. The molecule has 0 bridgehead atoms. The molecule has 2 nitrogen and oxygen atoms in total. The van der Waals surface area contributed by atoms with Crippen LogP contribution in [-0.2, 0) is 17.6 Å². The predicted molar refractivity (Wildman–Crippen MR) is 106 cm³/mol. The van der Waals surface area contributed by atoms with Gasteiger partial charge in [-0.05, 0) is 50.0 Å². The van der Waals surface area contributed by atoms with E-state index < -0.39 is 0 Å². The van der Waals surface area contributed by atoms with Crippen LogP contribution >= 0.6 is 11.3 Å². The third-order valence-electron chi connectivity index (χ3n) is 4.36. The van der Waals surface area contributed by atoms with Crippen LogP contribution in [0.2, 0.25) is 0 Å². The van der Waals surface area contributed by atoms with Crippen molar-refractivity contribution in [3.05, 3.63) is 34.9 Å². The van der Waals surface area contributed by atoms with Crippen molar-refractivity contribution in [1.29, 1.82) is 0 Å². The third kappa shape index (κ3) is 7.05. The molecule has 0 radical (unpaired) electrons. The summed E-state index contributed by atoms with van der Waals surface area (Å²) in [6, 6.07) is 0. The maximum atomic E-state index is 9.70. The number of hydrogen-bond donors (Lipinski definition) is 1. The second-order valence-corrected chi connectivity index (χ2v) is 9.07. The Kier molecular flexibility index (Phi) is 9.17. The first-order valence-electron chi connectivity index (χ1n) is 8.93. The molecular weight excluding hydrogens is 337 g/mol. The number of thiophene rings is 1. The van der Waals surface area contributed by atoms with Gasteiger partial charge in [-0.1, -0.05) is 45.4 Å². The van der Waals surface area contributed by atoms with E-state index in [0.717, 1.165) is 0 Å². The molecule has 1 aromatic heterocycles. The summed E-state index contributed by atoms with van der Waals surface area (Å²) in [6.45, 7) is 14.2. The number of carbonyl (C=O) groups excluding carboxylic acids is 1. The van der Waals surface area contributed by atoms with Gasteiger partial charge in [-0.25, -0.2) is 0 Å². The molecule has 1 N–H and O–H groups in total. The molecule has 1 fully saturated rings. The second-order valence-electron chi connectivity index (χ2n) is 7.96. The van der Waals surface area contributed by atoms with E-state index in [2.05, 4.69) is 18.5 Å². The number of aryl methyl sites for hydroxylation is 1. The Morgan fingerprint density at radius 1 is 1.32 bits per heavy atom. The first kappa shape index (κ1) is 22.7. The monoisotopic (exact) mass is 367 g/mol. The topological polar surface area (TPSA) is 29.1 Å². The van der Waals surface area contributed by atoms with E-state index in [-0.39, 0.29) is 35.0 Å². The summed E-state index contributed by atoms with van der Waals surface area (Å²) in [5, 5.41) is 4.81. The standard InChI is InChI=1S/C15H19NS.C6H11O.Na/c1-3-12-13-6-4-5-7-14(13)17-15(12)16-10(2)11-8-9-11;1-6(2,3)4-5-7;/h3,11,16H,1-2,4-9H2;4H2,1-3H3;/q;-1;+1. The smallest absolute Gasteiger partial charge is 0.542 e. The summed E-state index contributed by atoms with van der Waals surface area (Å²) in [5.74, 6) is 0.715. The van der Waals surface area contributed by atoms with Crippen molar-refractivity contribution in [2.24, 2.45) is 11.3 Å². The largest absolute Gasteiger partial charge is 1.00 e. The average molecular weight is 368 g/mol. The summed E-state index contributed by atoms with van der Waals surface area (Å²) >= 11 is 1.92. The summed E-state index contributed by atoms with van der Waals surface area (Å²) in [6.07, 6.45) is 12.2. The first-order chi connectivity index (χ1) is 11.4. The SMILES string of the molecule is C=Cc1c(NC(=C)C2CC2)sc2c1CCCC2.CC(C)(C)C[C-]=O.[Na+]. The molecule has 0 atom stereocenters. The van der Waals surface area contributed by atoms with Crippen molar-refractivity contribution in [2.75, 3.05) is 5.32 Å². The Bertz CT molecular complexity index is 608. The van der Waals surface area contributed by atoms with Crippen LogP contribution in [0, 0.1) is 11.3 Å². The van der Waals surface area contributed by atoms with E-state index in [9.17, 15) is 4.79 Å². The van der Waals surface area contributed by atoms with Crippen molar-refractivity contribution >= 4 is 28.7 Å². The van der Waals surface area contributed by atoms with Crippen LogP contribution in [0.5, 0.6) is 0 Å². The van der Waals surface area contributed by atoms with Gasteiger partial charge in [0.15, 0.2) is 0 Å². The Hall–Kier alpha value is -0.350. The molecule has 0 amide bonds. The molecule has 132 valence electrons. The number of nitrogens with one attached hydrogen (secondary N) is 1. The van der Waals surface area contributed by atoms with Crippen LogP contribution in [0.1, 0.15) is 68.9 Å². The van der Waals surface area contributed by atoms with Crippen molar-refractivity contribution in [3.63, 3.8) is 0 Å². The van der Waals surface area contributed by atoms with E-state index in [1.807, 2.05) is 44.5 Å². The molecule has 0 aromatic carbocycles. The molecule has 1 aromatic rings. The molecule has 25 heavy (non-hydrogen) atoms. The van der Waals surface area contributed by atoms with E-state index in [0.29, 0.717) is 12.3 Å². The van der Waals surface area contributed by atoms with Gasteiger partial charge in [-0.3, -0.25) is 6.29 Å². The zero-order valence-electron chi connectivity index (χ0n) is 16.3. The minimum atomic E-state index is 0. The third-order valence-corrected chi connectivity index (χ3v) is 5.59. The maximum absolute atomic E-state index is 9.70. The average Bonchev–Trinajstić information content (AvgIpc) is 3.29. The van der Waals surface area contributed by atoms with Gasteiger partial charge in [-0.15, -0.1) is 17.8 Å². The molecule has 3 rings (SSSR count). The molecule has 1 heterocycles. The molecule has 4 heteroatoms. The van der Waals surface area contributed by atoms with Crippen molar-refractivity contribution < 1.29 is 34.4 Å². The van der Waals surface area contributed by atoms with Crippen LogP contribution in [0.4, 0.5) is 5.00 Å². The van der Waals surface area contributed by atoms with Gasteiger partial charge < -0.3 is 10.1 Å². The molecule has 2 aliphatic carbocycles. The van der Waals surface area contributed by atoms with Gasteiger partial charge in [0.25, 0.3) is 0 Å². The summed E-state index contributed by atoms with van der Waals surface area (Å²) in [5.41, 5.74) is 4.21. The quantitative estimate of drug-likeness (QED) is 0.640. The van der Waals surface area contributed by atoms with Crippen molar-refractivity contribution in [1.82, 2.24) is 0 Å². The predicted octanol–water partition coefficient (Wildman–Crippen LogP) is 3.14. The van der Waals surface area contributed by atoms with Gasteiger partial charge in [0, 0.05) is 16.1 Å². The number of allylic oxidation sites excluding steroid dienone is 1. The normalized spacial score (nSPS) is 15.8. The molecule has 1 saturated carbocycles. The van der Waals surface area contributed by atoms with Crippen molar-refractivity contribution in [2.45, 2.75) is 65.7 Å². The van der Waals surface area contributed by atoms with E-state index in [1.165, 1.54) is 54.8 Å². The fourth-order valence-electron chi connectivity index (χ4n) is 2.80.